The minimum absolute atomic E-state index is 0.00693. The van der Waals surface area contributed by atoms with Crippen molar-refractivity contribution in [3.8, 4) is 0 Å². The zero-order valence-corrected chi connectivity index (χ0v) is 16.9. The number of likely N-dealkylation sites (tertiary alicyclic amines) is 1. The number of urea groups is 1. The third-order valence-electron chi connectivity index (χ3n) is 5.09. The first kappa shape index (κ1) is 19.8. The third kappa shape index (κ3) is 4.75. The van der Waals surface area contributed by atoms with Crippen LogP contribution >= 0.6 is 11.3 Å². The van der Waals surface area contributed by atoms with Crippen LogP contribution in [0, 0.1) is 19.8 Å². The van der Waals surface area contributed by atoms with Crippen LogP contribution in [0.15, 0.2) is 6.07 Å². The maximum Gasteiger partial charge on any atom is 0.317 e. The second-order valence-corrected chi connectivity index (χ2v) is 8.27. The van der Waals surface area contributed by atoms with Crippen LogP contribution in [0.25, 0.3) is 0 Å². The Morgan fingerprint density at radius 1 is 1.28 bits per heavy atom. The summed E-state index contributed by atoms with van der Waals surface area (Å²) in [6, 6.07) is 2.14. The van der Waals surface area contributed by atoms with Gasteiger partial charge in [-0.2, -0.15) is 0 Å². The molecular weight excluding hydrogens is 334 g/mol. The fourth-order valence-electron chi connectivity index (χ4n) is 3.56. The van der Waals surface area contributed by atoms with Gasteiger partial charge < -0.3 is 15.1 Å². The van der Waals surface area contributed by atoms with Gasteiger partial charge in [0.1, 0.15) is 0 Å². The second kappa shape index (κ2) is 8.70. The Kier molecular flexibility index (Phi) is 6.87. The molecule has 1 saturated heterocycles. The van der Waals surface area contributed by atoms with Crippen molar-refractivity contribution in [1.82, 2.24) is 15.1 Å². The predicted molar refractivity (Wildman–Crippen MR) is 103 cm³/mol. The van der Waals surface area contributed by atoms with E-state index in [1.54, 1.807) is 11.3 Å². The SMILES string of the molecule is CCN(CC)C(=O)C1CCN(C(=O)N[C@@H](C)c2cc(C)sc2C)CC1. The van der Waals surface area contributed by atoms with Gasteiger partial charge in [-0.05, 0) is 59.1 Å². The fraction of sp³-hybridized carbons (Fsp3) is 0.684. The molecule has 2 heterocycles. The van der Waals surface area contributed by atoms with Gasteiger partial charge in [-0.3, -0.25) is 4.79 Å². The number of rotatable bonds is 5. The topological polar surface area (TPSA) is 52.7 Å². The van der Waals surface area contributed by atoms with Gasteiger partial charge in [0.15, 0.2) is 0 Å². The molecular formula is C19H31N3O2S. The lowest BCUT2D eigenvalue weighted by Gasteiger charge is -2.34. The molecule has 0 spiro atoms. The number of amides is 3. The number of nitrogens with zero attached hydrogens (tertiary/aromatic N) is 2. The van der Waals surface area contributed by atoms with Gasteiger partial charge >= 0.3 is 6.03 Å². The summed E-state index contributed by atoms with van der Waals surface area (Å²) in [6.07, 6.45) is 1.52. The van der Waals surface area contributed by atoms with Gasteiger partial charge in [0.05, 0.1) is 6.04 Å². The highest BCUT2D eigenvalue weighted by Gasteiger charge is 2.29. The number of piperidine rings is 1. The smallest absolute Gasteiger partial charge is 0.317 e. The molecule has 0 bridgehead atoms. The van der Waals surface area contributed by atoms with Crippen LogP contribution in [-0.4, -0.2) is 47.9 Å². The largest absolute Gasteiger partial charge is 0.343 e. The van der Waals surface area contributed by atoms with E-state index < -0.39 is 0 Å². The van der Waals surface area contributed by atoms with Crippen LogP contribution in [0.2, 0.25) is 0 Å². The molecule has 0 saturated carbocycles. The standard InChI is InChI=1S/C19H31N3O2S/c1-6-21(7-2)18(23)16-8-10-22(11-9-16)19(24)20-14(4)17-12-13(3)25-15(17)5/h12,14,16H,6-11H2,1-5H3,(H,20,24)/t14-/m0/s1. The second-order valence-electron chi connectivity index (χ2n) is 6.81. The molecule has 1 N–H and O–H groups in total. The lowest BCUT2D eigenvalue weighted by Crippen LogP contribution is -2.48. The number of carbonyl (C=O) groups excluding carboxylic acids is 2. The summed E-state index contributed by atoms with van der Waals surface area (Å²) in [4.78, 5) is 31.3. The predicted octanol–water partition coefficient (Wildman–Crippen LogP) is 3.72. The summed E-state index contributed by atoms with van der Waals surface area (Å²) >= 11 is 1.76. The molecule has 1 aromatic rings. The lowest BCUT2D eigenvalue weighted by atomic mass is 9.95. The number of aryl methyl sites for hydroxylation is 2. The highest BCUT2D eigenvalue weighted by atomic mass is 32.1. The fourth-order valence-corrected chi connectivity index (χ4v) is 4.58. The van der Waals surface area contributed by atoms with E-state index in [0.717, 1.165) is 25.9 Å². The molecule has 3 amide bonds. The summed E-state index contributed by atoms with van der Waals surface area (Å²) in [5, 5.41) is 3.11. The van der Waals surface area contributed by atoms with E-state index in [9.17, 15) is 9.59 Å². The van der Waals surface area contributed by atoms with E-state index >= 15 is 0 Å². The normalized spacial score (nSPS) is 16.6. The average molecular weight is 366 g/mol. The van der Waals surface area contributed by atoms with E-state index in [4.69, 9.17) is 0 Å². The zero-order valence-electron chi connectivity index (χ0n) is 16.1. The van der Waals surface area contributed by atoms with Crippen LogP contribution in [0.5, 0.6) is 0 Å². The van der Waals surface area contributed by atoms with Crippen molar-refractivity contribution in [3.63, 3.8) is 0 Å². The molecule has 0 aliphatic carbocycles. The Balaban J connectivity index is 1.87. The van der Waals surface area contributed by atoms with Crippen LogP contribution in [-0.2, 0) is 4.79 Å². The molecule has 0 radical (unpaired) electrons. The Bertz CT molecular complexity index is 602. The van der Waals surface area contributed by atoms with Crippen molar-refractivity contribution < 1.29 is 9.59 Å². The van der Waals surface area contributed by atoms with Gasteiger partial charge in [0.2, 0.25) is 5.91 Å². The summed E-state index contributed by atoms with van der Waals surface area (Å²) in [5.74, 6) is 0.297. The molecule has 2 rings (SSSR count). The first-order valence-electron chi connectivity index (χ1n) is 9.28. The first-order valence-corrected chi connectivity index (χ1v) is 10.1. The van der Waals surface area contributed by atoms with E-state index in [-0.39, 0.29) is 23.9 Å². The minimum Gasteiger partial charge on any atom is -0.343 e. The molecule has 140 valence electrons. The summed E-state index contributed by atoms with van der Waals surface area (Å²) in [7, 11) is 0. The monoisotopic (exact) mass is 365 g/mol. The number of thiophene rings is 1. The third-order valence-corrected chi connectivity index (χ3v) is 6.07. The summed E-state index contributed by atoms with van der Waals surface area (Å²) in [5.41, 5.74) is 1.20. The Hall–Kier alpha value is -1.56. The maximum atomic E-state index is 12.5. The van der Waals surface area contributed by atoms with Crippen LogP contribution in [0.4, 0.5) is 4.79 Å². The maximum absolute atomic E-state index is 12.5. The van der Waals surface area contributed by atoms with E-state index in [1.165, 1.54) is 15.3 Å². The van der Waals surface area contributed by atoms with E-state index in [2.05, 4.69) is 25.2 Å². The van der Waals surface area contributed by atoms with E-state index in [1.807, 2.05) is 30.6 Å². The Morgan fingerprint density at radius 2 is 1.88 bits per heavy atom. The average Bonchev–Trinajstić information content (AvgIpc) is 2.94. The lowest BCUT2D eigenvalue weighted by molar-refractivity contribution is -0.136. The van der Waals surface area contributed by atoms with Crippen molar-refractivity contribution in [3.05, 3.63) is 21.4 Å². The van der Waals surface area contributed by atoms with Crippen LogP contribution < -0.4 is 5.32 Å². The van der Waals surface area contributed by atoms with Gasteiger partial charge in [-0.1, -0.05) is 0 Å². The molecule has 1 aromatic heterocycles. The highest BCUT2D eigenvalue weighted by Crippen LogP contribution is 2.26. The first-order chi connectivity index (χ1) is 11.9. The number of hydrogen-bond donors (Lipinski definition) is 1. The summed E-state index contributed by atoms with van der Waals surface area (Å²) in [6.45, 7) is 13.1. The van der Waals surface area contributed by atoms with Gasteiger partial charge in [0, 0.05) is 41.9 Å². The quantitative estimate of drug-likeness (QED) is 0.865. The zero-order chi connectivity index (χ0) is 18.6. The molecule has 1 fully saturated rings. The Labute approximate surface area is 155 Å². The molecule has 6 heteroatoms. The van der Waals surface area contributed by atoms with Crippen molar-refractivity contribution in [2.75, 3.05) is 26.2 Å². The molecule has 1 aliphatic rings. The van der Waals surface area contributed by atoms with Crippen molar-refractivity contribution in [1.29, 1.82) is 0 Å². The molecule has 1 aliphatic heterocycles. The molecule has 0 unspecified atom stereocenters. The molecule has 5 nitrogen and oxygen atoms in total. The van der Waals surface area contributed by atoms with Crippen LogP contribution in [0.1, 0.15) is 55.0 Å². The number of hydrogen-bond acceptors (Lipinski definition) is 3. The molecule has 1 atom stereocenters. The van der Waals surface area contributed by atoms with Crippen LogP contribution in [0.3, 0.4) is 0 Å². The minimum atomic E-state index is -0.0236. The van der Waals surface area contributed by atoms with Crippen molar-refractivity contribution >= 4 is 23.3 Å². The van der Waals surface area contributed by atoms with Gasteiger partial charge in [0.25, 0.3) is 0 Å². The van der Waals surface area contributed by atoms with Gasteiger partial charge in [-0.15, -0.1) is 11.3 Å². The van der Waals surface area contributed by atoms with Gasteiger partial charge in [-0.25, -0.2) is 4.79 Å². The molecule has 25 heavy (non-hydrogen) atoms. The number of carbonyl (C=O) groups is 2. The molecule has 0 aromatic carbocycles. The van der Waals surface area contributed by atoms with E-state index in [0.29, 0.717) is 13.1 Å². The Morgan fingerprint density at radius 3 is 2.36 bits per heavy atom. The van der Waals surface area contributed by atoms with Crippen molar-refractivity contribution in [2.24, 2.45) is 5.92 Å². The highest BCUT2D eigenvalue weighted by molar-refractivity contribution is 7.12. The number of nitrogens with one attached hydrogen (secondary N) is 1. The van der Waals surface area contributed by atoms with Crippen molar-refractivity contribution in [2.45, 2.75) is 53.5 Å². The summed E-state index contributed by atoms with van der Waals surface area (Å²) < 4.78 is 0.